The maximum Gasteiger partial charge on any atom is 0.261 e. The SMILES string of the molecule is Nc1ncccc1-c1nc(-c2ccccc2Br)no1. The zero-order chi connectivity index (χ0) is 13.2. The molecule has 0 fully saturated rings. The lowest BCUT2D eigenvalue weighted by Gasteiger charge is -1.97. The van der Waals surface area contributed by atoms with Gasteiger partial charge in [0, 0.05) is 16.2 Å². The summed E-state index contributed by atoms with van der Waals surface area (Å²) >= 11 is 3.45. The highest BCUT2D eigenvalue weighted by atomic mass is 79.9. The van der Waals surface area contributed by atoms with Crippen molar-refractivity contribution < 1.29 is 4.52 Å². The number of pyridine rings is 1. The van der Waals surface area contributed by atoms with Gasteiger partial charge in [0.1, 0.15) is 5.82 Å². The summed E-state index contributed by atoms with van der Waals surface area (Å²) in [6.07, 6.45) is 1.61. The first-order valence-electron chi connectivity index (χ1n) is 5.55. The molecule has 0 saturated heterocycles. The van der Waals surface area contributed by atoms with Crippen LogP contribution in [0.4, 0.5) is 5.82 Å². The van der Waals surface area contributed by atoms with Gasteiger partial charge in [-0.1, -0.05) is 33.2 Å². The number of halogens is 1. The lowest BCUT2D eigenvalue weighted by Crippen LogP contribution is -1.93. The molecule has 2 N–H and O–H groups in total. The van der Waals surface area contributed by atoms with E-state index < -0.39 is 0 Å². The molecule has 0 spiro atoms. The number of aromatic nitrogens is 3. The maximum absolute atomic E-state index is 5.78. The van der Waals surface area contributed by atoms with Crippen molar-refractivity contribution in [2.45, 2.75) is 0 Å². The average Bonchev–Trinajstić information content (AvgIpc) is 2.89. The van der Waals surface area contributed by atoms with Crippen LogP contribution in [-0.4, -0.2) is 15.1 Å². The molecular formula is C13H9BrN4O. The van der Waals surface area contributed by atoms with Gasteiger partial charge >= 0.3 is 0 Å². The summed E-state index contributed by atoms with van der Waals surface area (Å²) in [5, 5.41) is 3.97. The van der Waals surface area contributed by atoms with Gasteiger partial charge in [-0.05, 0) is 24.3 Å². The fraction of sp³-hybridized carbons (Fsp3) is 0. The number of benzene rings is 1. The maximum atomic E-state index is 5.78. The van der Waals surface area contributed by atoms with Gasteiger partial charge in [0.2, 0.25) is 5.82 Å². The first-order valence-corrected chi connectivity index (χ1v) is 6.34. The minimum Gasteiger partial charge on any atom is -0.383 e. The lowest BCUT2D eigenvalue weighted by atomic mass is 10.2. The Morgan fingerprint density at radius 1 is 1.05 bits per heavy atom. The van der Waals surface area contributed by atoms with E-state index in [0.717, 1.165) is 10.0 Å². The monoisotopic (exact) mass is 316 g/mol. The highest BCUT2D eigenvalue weighted by Crippen LogP contribution is 2.28. The number of nitrogens with two attached hydrogens (primary N) is 1. The Kier molecular flexibility index (Phi) is 3.00. The van der Waals surface area contributed by atoms with E-state index in [1.54, 1.807) is 18.3 Å². The van der Waals surface area contributed by atoms with Gasteiger partial charge in [-0.2, -0.15) is 4.98 Å². The molecule has 0 saturated carbocycles. The van der Waals surface area contributed by atoms with Crippen molar-refractivity contribution in [3.8, 4) is 22.8 Å². The minimum atomic E-state index is 0.358. The molecule has 0 aliphatic heterocycles. The number of hydrogen-bond donors (Lipinski definition) is 1. The Balaban J connectivity index is 2.06. The van der Waals surface area contributed by atoms with Crippen molar-refractivity contribution >= 4 is 21.7 Å². The fourth-order valence-corrected chi connectivity index (χ4v) is 2.15. The average molecular weight is 317 g/mol. The first kappa shape index (κ1) is 11.9. The molecule has 0 bridgehead atoms. The van der Waals surface area contributed by atoms with E-state index in [0.29, 0.717) is 23.1 Å². The molecule has 0 amide bonds. The predicted molar refractivity (Wildman–Crippen MR) is 75.1 cm³/mol. The second kappa shape index (κ2) is 4.81. The van der Waals surface area contributed by atoms with Crippen LogP contribution in [0, 0.1) is 0 Å². The smallest absolute Gasteiger partial charge is 0.261 e. The standard InChI is InChI=1S/C13H9BrN4O/c14-10-6-2-1-4-8(10)12-17-13(19-18-12)9-5-3-7-16-11(9)15/h1-7H,(H2,15,16). The van der Waals surface area contributed by atoms with Gasteiger partial charge in [-0.3, -0.25) is 0 Å². The summed E-state index contributed by atoms with van der Waals surface area (Å²) in [6.45, 7) is 0. The van der Waals surface area contributed by atoms with Crippen molar-refractivity contribution in [3.05, 3.63) is 47.1 Å². The molecule has 6 heteroatoms. The quantitative estimate of drug-likeness (QED) is 0.785. The van der Waals surface area contributed by atoms with Crippen LogP contribution in [0.25, 0.3) is 22.8 Å². The molecule has 1 aromatic carbocycles. The van der Waals surface area contributed by atoms with Gasteiger partial charge in [0.25, 0.3) is 5.89 Å². The third kappa shape index (κ3) is 2.22. The van der Waals surface area contributed by atoms with Gasteiger partial charge < -0.3 is 10.3 Å². The Morgan fingerprint density at radius 2 is 1.84 bits per heavy atom. The van der Waals surface area contributed by atoms with E-state index in [1.165, 1.54) is 0 Å². The van der Waals surface area contributed by atoms with Crippen molar-refractivity contribution in [1.29, 1.82) is 0 Å². The Bertz CT molecular complexity index is 666. The zero-order valence-electron chi connectivity index (χ0n) is 9.75. The Hall–Kier alpha value is -2.21. The van der Waals surface area contributed by atoms with Crippen LogP contribution in [0.2, 0.25) is 0 Å². The van der Waals surface area contributed by atoms with Crippen molar-refractivity contribution in [2.24, 2.45) is 0 Å². The fourth-order valence-electron chi connectivity index (χ4n) is 1.68. The molecule has 2 aromatic heterocycles. The molecule has 0 radical (unpaired) electrons. The van der Waals surface area contributed by atoms with E-state index in [4.69, 9.17) is 10.3 Å². The lowest BCUT2D eigenvalue weighted by molar-refractivity contribution is 0.432. The summed E-state index contributed by atoms with van der Waals surface area (Å²) < 4.78 is 6.14. The number of nitrogens with zero attached hydrogens (tertiary/aromatic N) is 3. The van der Waals surface area contributed by atoms with Crippen LogP contribution in [0.1, 0.15) is 0 Å². The molecule has 3 aromatic rings. The number of anilines is 1. The van der Waals surface area contributed by atoms with E-state index in [1.807, 2.05) is 24.3 Å². The normalized spacial score (nSPS) is 10.6. The van der Waals surface area contributed by atoms with Gasteiger partial charge in [0.15, 0.2) is 0 Å². The second-order valence-electron chi connectivity index (χ2n) is 3.84. The topological polar surface area (TPSA) is 77.8 Å². The summed E-state index contributed by atoms with van der Waals surface area (Å²) in [6, 6.07) is 11.2. The van der Waals surface area contributed by atoms with Crippen LogP contribution in [0.5, 0.6) is 0 Å². The molecule has 0 atom stereocenters. The molecule has 19 heavy (non-hydrogen) atoms. The Morgan fingerprint density at radius 3 is 2.63 bits per heavy atom. The summed E-state index contributed by atoms with van der Waals surface area (Å²) in [5.74, 6) is 1.23. The third-order valence-electron chi connectivity index (χ3n) is 2.61. The van der Waals surface area contributed by atoms with Crippen LogP contribution in [-0.2, 0) is 0 Å². The largest absolute Gasteiger partial charge is 0.383 e. The molecular weight excluding hydrogens is 308 g/mol. The van der Waals surface area contributed by atoms with Gasteiger partial charge in [-0.25, -0.2) is 4.98 Å². The van der Waals surface area contributed by atoms with Gasteiger partial charge in [0.05, 0.1) is 5.56 Å². The van der Waals surface area contributed by atoms with E-state index in [-0.39, 0.29) is 0 Å². The second-order valence-corrected chi connectivity index (χ2v) is 4.69. The minimum absolute atomic E-state index is 0.358. The molecule has 5 nitrogen and oxygen atoms in total. The van der Waals surface area contributed by atoms with Crippen molar-refractivity contribution in [2.75, 3.05) is 5.73 Å². The number of rotatable bonds is 2. The highest BCUT2D eigenvalue weighted by Gasteiger charge is 2.14. The van der Waals surface area contributed by atoms with Crippen molar-refractivity contribution in [3.63, 3.8) is 0 Å². The van der Waals surface area contributed by atoms with Crippen molar-refractivity contribution in [1.82, 2.24) is 15.1 Å². The molecule has 3 rings (SSSR count). The number of hydrogen-bond acceptors (Lipinski definition) is 5. The van der Waals surface area contributed by atoms with Crippen LogP contribution < -0.4 is 5.73 Å². The van der Waals surface area contributed by atoms with Gasteiger partial charge in [-0.15, -0.1) is 0 Å². The van der Waals surface area contributed by atoms with Crippen LogP contribution in [0.3, 0.4) is 0 Å². The van der Waals surface area contributed by atoms with Crippen LogP contribution >= 0.6 is 15.9 Å². The molecule has 0 aliphatic carbocycles. The molecule has 2 heterocycles. The third-order valence-corrected chi connectivity index (χ3v) is 3.30. The van der Waals surface area contributed by atoms with Crippen LogP contribution in [0.15, 0.2) is 51.6 Å². The molecule has 0 unspecified atom stereocenters. The van der Waals surface area contributed by atoms with E-state index in [2.05, 4.69) is 31.1 Å². The molecule has 94 valence electrons. The molecule has 0 aliphatic rings. The zero-order valence-corrected chi connectivity index (χ0v) is 11.3. The first-order chi connectivity index (χ1) is 9.25. The summed E-state index contributed by atoms with van der Waals surface area (Å²) in [7, 11) is 0. The highest BCUT2D eigenvalue weighted by molar-refractivity contribution is 9.10. The number of nitrogen functional groups attached to an aromatic ring is 1. The van der Waals surface area contributed by atoms with E-state index in [9.17, 15) is 0 Å². The van der Waals surface area contributed by atoms with E-state index >= 15 is 0 Å². The Labute approximate surface area is 117 Å². The predicted octanol–water partition coefficient (Wildman–Crippen LogP) is 3.14. The summed E-state index contributed by atoms with van der Waals surface area (Å²) in [4.78, 5) is 8.34. The summed E-state index contributed by atoms with van der Waals surface area (Å²) in [5.41, 5.74) is 7.28.